The second-order valence-electron chi connectivity index (χ2n) is 3.24. The molecule has 3 atom stereocenters. The average Bonchev–Trinajstić information content (AvgIpc) is 1.87. The maximum atomic E-state index is 9.08. The van der Waals surface area contributed by atoms with Crippen LogP contribution in [0.1, 0.15) is 27.2 Å². The van der Waals surface area contributed by atoms with E-state index in [2.05, 4.69) is 0 Å². The number of hydrogen-bond donors (Lipinski definition) is 2. The van der Waals surface area contributed by atoms with Gasteiger partial charge in [-0.3, -0.25) is 0 Å². The van der Waals surface area contributed by atoms with Gasteiger partial charge in [-0.1, -0.05) is 13.8 Å². The quantitative estimate of drug-likeness (QED) is 0.621. The Bertz CT molecular complexity index is 81.3. The maximum Gasteiger partial charge on any atom is 0.0537 e. The van der Waals surface area contributed by atoms with Crippen molar-refractivity contribution in [1.29, 1.82) is 0 Å². The van der Waals surface area contributed by atoms with Crippen molar-refractivity contribution in [3.05, 3.63) is 0 Å². The smallest absolute Gasteiger partial charge is 0.0537 e. The highest BCUT2D eigenvalue weighted by atomic mass is 16.3. The molecule has 0 heterocycles. The van der Waals surface area contributed by atoms with Crippen LogP contribution in [0.5, 0.6) is 0 Å². The molecule has 0 amide bonds. The molecule has 0 aromatic heterocycles. The van der Waals surface area contributed by atoms with E-state index in [4.69, 9.17) is 10.2 Å². The van der Waals surface area contributed by atoms with E-state index < -0.39 is 0 Å². The predicted molar refractivity (Wildman–Crippen MR) is 41.7 cm³/mol. The zero-order valence-electron chi connectivity index (χ0n) is 7.04. The molecule has 10 heavy (non-hydrogen) atoms. The zero-order chi connectivity index (χ0) is 8.15. The summed E-state index contributed by atoms with van der Waals surface area (Å²) in [5, 5.41) is 17.8. The summed E-state index contributed by atoms with van der Waals surface area (Å²) < 4.78 is 0. The van der Waals surface area contributed by atoms with Crippen molar-refractivity contribution in [1.82, 2.24) is 0 Å². The van der Waals surface area contributed by atoms with Gasteiger partial charge < -0.3 is 10.2 Å². The lowest BCUT2D eigenvalue weighted by Crippen LogP contribution is -2.17. The first-order chi connectivity index (χ1) is 4.57. The SMILES string of the molecule is CC(CO)CC(C)C(C)O. The van der Waals surface area contributed by atoms with E-state index in [0.717, 1.165) is 6.42 Å². The third kappa shape index (κ3) is 3.85. The molecule has 0 aliphatic rings. The third-order valence-electron chi connectivity index (χ3n) is 1.91. The lowest BCUT2D eigenvalue weighted by molar-refractivity contribution is 0.109. The molecule has 3 unspecified atom stereocenters. The van der Waals surface area contributed by atoms with Gasteiger partial charge in [-0.15, -0.1) is 0 Å². The van der Waals surface area contributed by atoms with Crippen LogP contribution in [0.2, 0.25) is 0 Å². The van der Waals surface area contributed by atoms with Gasteiger partial charge in [-0.25, -0.2) is 0 Å². The van der Waals surface area contributed by atoms with E-state index in [1.165, 1.54) is 0 Å². The fraction of sp³-hybridized carbons (Fsp3) is 1.00. The molecule has 0 aliphatic heterocycles. The van der Waals surface area contributed by atoms with Crippen LogP contribution < -0.4 is 0 Å². The highest BCUT2D eigenvalue weighted by Gasteiger charge is 2.11. The highest BCUT2D eigenvalue weighted by molar-refractivity contribution is 4.62. The van der Waals surface area contributed by atoms with Crippen molar-refractivity contribution in [3.63, 3.8) is 0 Å². The van der Waals surface area contributed by atoms with Crippen molar-refractivity contribution in [2.24, 2.45) is 11.8 Å². The van der Waals surface area contributed by atoms with E-state index in [-0.39, 0.29) is 12.7 Å². The molecule has 0 aromatic carbocycles. The molecular weight excluding hydrogens is 128 g/mol. The summed E-state index contributed by atoms with van der Waals surface area (Å²) in [6.07, 6.45) is 0.641. The molecule has 0 saturated heterocycles. The van der Waals surface area contributed by atoms with Crippen molar-refractivity contribution in [3.8, 4) is 0 Å². The summed E-state index contributed by atoms with van der Waals surface area (Å²) in [6.45, 7) is 5.99. The summed E-state index contributed by atoms with van der Waals surface area (Å²) in [7, 11) is 0. The molecule has 0 aromatic rings. The lowest BCUT2D eigenvalue weighted by Gasteiger charge is -2.17. The highest BCUT2D eigenvalue weighted by Crippen LogP contribution is 2.14. The molecule has 0 saturated carbocycles. The molecule has 0 bridgehead atoms. The van der Waals surface area contributed by atoms with Crippen LogP contribution in [0, 0.1) is 11.8 Å². The molecule has 0 spiro atoms. The minimum Gasteiger partial charge on any atom is -0.396 e. The van der Waals surface area contributed by atoms with E-state index in [1.54, 1.807) is 6.92 Å². The lowest BCUT2D eigenvalue weighted by atomic mass is 9.94. The molecule has 0 aliphatic carbocycles. The Balaban J connectivity index is 3.46. The fourth-order valence-electron chi connectivity index (χ4n) is 0.906. The first kappa shape index (κ1) is 9.92. The van der Waals surface area contributed by atoms with Crippen molar-refractivity contribution >= 4 is 0 Å². The second-order valence-corrected chi connectivity index (χ2v) is 3.24. The van der Waals surface area contributed by atoms with Crippen LogP contribution in [0.4, 0.5) is 0 Å². The number of aliphatic hydroxyl groups is 2. The minimum absolute atomic E-state index is 0.219. The summed E-state index contributed by atoms with van der Waals surface area (Å²) >= 11 is 0. The van der Waals surface area contributed by atoms with Crippen molar-refractivity contribution in [2.75, 3.05) is 6.61 Å². The van der Waals surface area contributed by atoms with Gasteiger partial charge in [-0.05, 0) is 25.2 Å². The van der Waals surface area contributed by atoms with Crippen LogP contribution in [0.15, 0.2) is 0 Å². The molecule has 62 valence electrons. The minimum atomic E-state index is -0.256. The van der Waals surface area contributed by atoms with Crippen molar-refractivity contribution in [2.45, 2.75) is 33.3 Å². The summed E-state index contributed by atoms with van der Waals surface area (Å²) in [4.78, 5) is 0. The van der Waals surface area contributed by atoms with Gasteiger partial charge in [0.25, 0.3) is 0 Å². The largest absolute Gasteiger partial charge is 0.396 e. The van der Waals surface area contributed by atoms with Crippen molar-refractivity contribution < 1.29 is 10.2 Å². The summed E-state index contributed by atoms with van der Waals surface area (Å²) in [6, 6.07) is 0. The molecule has 2 N–H and O–H groups in total. The Morgan fingerprint density at radius 1 is 1.20 bits per heavy atom. The normalized spacial score (nSPS) is 20.1. The Morgan fingerprint density at radius 2 is 1.70 bits per heavy atom. The molecule has 2 nitrogen and oxygen atoms in total. The first-order valence-corrected chi connectivity index (χ1v) is 3.86. The van der Waals surface area contributed by atoms with Crippen LogP contribution >= 0.6 is 0 Å². The van der Waals surface area contributed by atoms with E-state index in [9.17, 15) is 0 Å². The van der Waals surface area contributed by atoms with Crippen LogP contribution in [-0.4, -0.2) is 22.9 Å². The first-order valence-electron chi connectivity index (χ1n) is 3.86. The Hall–Kier alpha value is -0.0800. The van der Waals surface area contributed by atoms with Gasteiger partial charge in [-0.2, -0.15) is 0 Å². The van der Waals surface area contributed by atoms with Crippen LogP contribution in [-0.2, 0) is 0 Å². The summed E-state index contributed by atoms with van der Waals surface area (Å²) in [5.74, 6) is 0.603. The summed E-state index contributed by atoms with van der Waals surface area (Å²) in [5.41, 5.74) is 0. The Morgan fingerprint density at radius 3 is 2.00 bits per heavy atom. The van der Waals surface area contributed by atoms with Gasteiger partial charge in [0.1, 0.15) is 0 Å². The molecule has 0 fully saturated rings. The van der Waals surface area contributed by atoms with E-state index >= 15 is 0 Å². The molecule has 2 heteroatoms. The van der Waals surface area contributed by atoms with E-state index in [0.29, 0.717) is 11.8 Å². The Kier molecular flexibility index (Phi) is 4.65. The van der Waals surface area contributed by atoms with E-state index in [1.807, 2.05) is 13.8 Å². The molecule has 0 rings (SSSR count). The molecule has 0 radical (unpaired) electrons. The topological polar surface area (TPSA) is 40.5 Å². The zero-order valence-corrected chi connectivity index (χ0v) is 7.04. The fourth-order valence-corrected chi connectivity index (χ4v) is 0.906. The number of rotatable bonds is 4. The van der Waals surface area contributed by atoms with Crippen LogP contribution in [0.3, 0.4) is 0 Å². The standard InChI is InChI=1S/C8H18O2/c1-6(5-9)4-7(2)8(3)10/h6-10H,4-5H2,1-3H3. The monoisotopic (exact) mass is 146 g/mol. The van der Waals surface area contributed by atoms with Crippen LogP contribution in [0.25, 0.3) is 0 Å². The van der Waals surface area contributed by atoms with Gasteiger partial charge in [0.05, 0.1) is 6.10 Å². The van der Waals surface area contributed by atoms with Gasteiger partial charge in [0, 0.05) is 6.61 Å². The van der Waals surface area contributed by atoms with Gasteiger partial charge in [0.15, 0.2) is 0 Å². The Labute approximate surface area is 62.9 Å². The third-order valence-corrected chi connectivity index (χ3v) is 1.91. The predicted octanol–water partition coefficient (Wildman–Crippen LogP) is 1.02. The molecular formula is C8H18O2. The maximum absolute atomic E-state index is 9.08. The van der Waals surface area contributed by atoms with Gasteiger partial charge >= 0.3 is 0 Å². The second kappa shape index (κ2) is 4.69. The average molecular weight is 146 g/mol. The number of hydrogen-bond acceptors (Lipinski definition) is 2. The number of aliphatic hydroxyl groups excluding tert-OH is 2. The van der Waals surface area contributed by atoms with Gasteiger partial charge in [0.2, 0.25) is 0 Å².